The molecule has 0 unspecified atom stereocenters. The largest absolute Gasteiger partial charge is 0.457 e. The van der Waals surface area contributed by atoms with E-state index in [-0.39, 0.29) is 5.56 Å². The topological polar surface area (TPSA) is 47.5 Å². The molecule has 0 spiro atoms. The van der Waals surface area contributed by atoms with Crippen LogP contribution in [0.2, 0.25) is 0 Å². The summed E-state index contributed by atoms with van der Waals surface area (Å²) in [5.74, 6) is 0. The van der Waals surface area contributed by atoms with Gasteiger partial charge in [-0.15, -0.1) is 0 Å². The van der Waals surface area contributed by atoms with Gasteiger partial charge in [0.25, 0.3) is 0 Å². The number of hydrogen-bond acceptors (Lipinski definition) is 4. The van der Waals surface area contributed by atoms with E-state index in [4.69, 9.17) is 4.42 Å². The number of benzene rings is 1. The number of thiazole rings is 1. The highest BCUT2D eigenvalue weighted by Gasteiger charge is 2.12. The Labute approximate surface area is 98.7 Å². The molecule has 4 aromatic rings. The number of nitrogens with zero attached hydrogens (tertiary/aromatic N) is 2. The van der Waals surface area contributed by atoms with Crippen molar-refractivity contribution in [2.45, 2.75) is 0 Å². The molecule has 4 nitrogen and oxygen atoms in total. The smallest absolute Gasteiger partial charge is 0.317 e. The summed E-state index contributed by atoms with van der Waals surface area (Å²) >= 11 is 1.50. The molecule has 0 aliphatic heterocycles. The third-order valence-corrected chi connectivity index (χ3v) is 3.80. The maximum atomic E-state index is 11.7. The normalized spacial score (nSPS) is 11.8. The molecule has 0 fully saturated rings. The predicted molar refractivity (Wildman–Crippen MR) is 66.6 cm³/mol. The first kappa shape index (κ1) is 8.95. The van der Waals surface area contributed by atoms with Gasteiger partial charge in [0.2, 0.25) is 5.58 Å². The third kappa shape index (κ3) is 1.06. The number of rotatable bonds is 0. The first-order chi connectivity index (χ1) is 8.34. The number of para-hydroxylation sites is 1. The number of fused-ring (bicyclic) bond motifs is 5. The minimum Gasteiger partial charge on any atom is -0.457 e. The number of furan rings is 1. The highest BCUT2D eigenvalue weighted by molar-refractivity contribution is 7.23. The first-order valence-electron chi connectivity index (χ1n) is 5.12. The van der Waals surface area contributed by atoms with Crippen molar-refractivity contribution in [3.8, 4) is 0 Å². The molecule has 0 aliphatic carbocycles. The van der Waals surface area contributed by atoms with Crippen LogP contribution in [0.1, 0.15) is 0 Å². The zero-order valence-electron chi connectivity index (χ0n) is 8.58. The van der Waals surface area contributed by atoms with E-state index >= 15 is 0 Å². The van der Waals surface area contributed by atoms with E-state index in [0.717, 1.165) is 15.7 Å². The summed E-state index contributed by atoms with van der Waals surface area (Å²) in [6.07, 6.45) is 1.52. The molecule has 3 heterocycles. The third-order valence-electron chi connectivity index (χ3n) is 2.78. The van der Waals surface area contributed by atoms with Crippen molar-refractivity contribution < 1.29 is 4.42 Å². The van der Waals surface area contributed by atoms with E-state index in [1.54, 1.807) is 6.07 Å². The summed E-state index contributed by atoms with van der Waals surface area (Å²) in [4.78, 5) is 16.5. The summed E-state index contributed by atoms with van der Waals surface area (Å²) in [6.45, 7) is 0. The van der Waals surface area contributed by atoms with Gasteiger partial charge in [0.1, 0.15) is 5.52 Å². The zero-order valence-corrected chi connectivity index (χ0v) is 9.40. The van der Waals surface area contributed by atoms with E-state index in [2.05, 4.69) is 4.98 Å². The van der Waals surface area contributed by atoms with Gasteiger partial charge < -0.3 is 4.42 Å². The summed E-state index contributed by atoms with van der Waals surface area (Å²) in [6, 6.07) is 9.77. The molecule has 0 saturated carbocycles. The van der Waals surface area contributed by atoms with Gasteiger partial charge in [-0.3, -0.25) is 9.20 Å². The van der Waals surface area contributed by atoms with E-state index in [9.17, 15) is 4.79 Å². The lowest BCUT2D eigenvalue weighted by Crippen LogP contribution is -2.07. The van der Waals surface area contributed by atoms with Crippen LogP contribution >= 0.6 is 11.3 Å². The van der Waals surface area contributed by atoms with E-state index in [1.165, 1.54) is 17.6 Å². The molecular weight excluding hydrogens is 236 g/mol. The highest BCUT2D eigenvalue weighted by Crippen LogP contribution is 2.27. The van der Waals surface area contributed by atoms with Crippen molar-refractivity contribution in [2.24, 2.45) is 0 Å². The Morgan fingerprint density at radius 2 is 2.06 bits per heavy atom. The summed E-state index contributed by atoms with van der Waals surface area (Å²) in [5, 5.41) is 0. The van der Waals surface area contributed by atoms with Gasteiger partial charge >= 0.3 is 5.56 Å². The van der Waals surface area contributed by atoms with Gasteiger partial charge in [0.05, 0.1) is 16.5 Å². The van der Waals surface area contributed by atoms with Crippen LogP contribution in [-0.2, 0) is 0 Å². The molecule has 1 aromatic carbocycles. The van der Waals surface area contributed by atoms with Crippen molar-refractivity contribution in [2.75, 3.05) is 0 Å². The molecule has 0 atom stereocenters. The Hall–Kier alpha value is -2.14. The van der Waals surface area contributed by atoms with Gasteiger partial charge in [-0.25, -0.2) is 0 Å². The minimum atomic E-state index is -0.309. The van der Waals surface area contributed by atoms with Crippen LogP contribution < -0.4 is 5.56 Å². The van der Waals surface area contributed by atoms with Gasteiger partial charge in [0.15, 0.2) is 4.96 Å². The second-order valence-corrected chi connectivity index (χ2v) is 4.75. The Morgan fingerprint density at radius 1 is 1.18 bits per heavy atom. The fraction of sp³-hybridized carbons (Fsp3) is 0. The molecule has 0 radical (unpaired) electrons. The molecule has 4 rings (SSSR count). The monoisotopic (exact) mass is 242 g/mol. The van der Waals surface area contributed by atoms with Crippen LogP contribution in [0.15, 0.2) is 45.8 Å². The summed E-state index contributed by atoms with van der Waals surface area (Å²) in [7, 11) is 0. The lowest BCUT2D eigenvalue weighted by molar-refractivity contribution is 0.610. The predicted octanol–water partition coefficient (Wildman–Crippen LogP) is 2.66. The van der Waals surface area contributed by atoms with Crippen molar-refractivity contribution in [3.63, 3.8) is 0 Å². The van der Waals surface area contributed by atoms with Crippen molar-refractivity contribution >= 4 is 37.6 Å². The maximum Gasteiger partial charge on any atom is 0.317 e. The Morgan fingerprint density at radius 3 is 3.00 bits per heavy atom. The second-order valence-electron chi connectivity index (χ2n) is 3.74. The van der Waals surface area contributed by atoms with Crippen LogP contribution in [0.5, 0.6) is 0 Å². The molecule has 0 N–H and O–H groups in total. The van der Waals surface area contributed by atoms with Gasteiger partial charge in [-0.05, 0) is 12.1 Å². The Bertz CT molecular complexity index is 916. The maximum absolute atomic E-state index is 11.7. The molecule has 17 heavy (non-hydrogen) atoms. The van der Waals surface area contributed by atoms with Gasteiger partial charge in [-0.1, -0.05) is 23.5 Å². The fourth-order valence-corrected chi connectivity index (χ4v) is 3.08. The fourth-order valence-electron chi connectivity index (χ4n) is 2.06. The summed E-state index contributed by atoms with van der Waals surface area (Å²) in [5.41, 5.74) is 1.83. The molecule has 3 aromatic heterocycles. The molecule has 5 heteroatoms. The Kier molecular flexibility index (Phi) is 1.55. The minimum absolute atomic E-state index is 0.309. The second kappa shape index (κ2) is 2.95. The van der Waals surface area contributed by atoms with Crippen LogP contribution in [0, 0.1) is 0 Å². The quantitative estimate of drug-likeness (QED) is 0.476. The highest BCUT2D eigenvalue weighted by atomic mass is 32.1. The molecular formula is C12H6N2O2S. The van der Waals surface area contributed by atoms with E-state index in [1.807, 2.05) is 28.7 Å². The van der Waals surface area contributed by atoms with Crippen LogP contribution in [0.3, 0.4) is 0 Å². The van der Waals surface area contributed by atoms with Gasteiger partial charge in [-0.2, -0.15) is 4.98 Å². The van der Waals surface area contributed by atoms with Crippen LogP contribution in [0.4, 0.5) is 0 Å². The van der Waals surface area contributed by atoms with Gasteiger partial charge in [0, 0.05) is 6.07 Å². The molecule has 0 aliphatic rings. The molecule has 0 bridgehead atoms. The lowest BCUT2D eigenvalue weighted by atomic mass is 10.3. The first-order valence-corrected chi connectivity index (χ1v) is 5.94. The molecule has 82 valence electrons. The van der Waals surface area contributed by atoms with Crippen molar-refractivity contribution in [1.82, 2.24) is 9.38 Å². The van der Waals surface area contributed by atoms with Crippen LogP contribution in [0.25, 0.3) is 26.3 Å². The average Bonchev–Trinajstić information content (AvgIpc) is 2.90. The standard InChI is InChI=1S/C12H6N2O2S/c15-11-10-8(5-6-16-10)14-7-3-1-2-4-9(7)17-12(14)13-11/h1-6H. The average molecular weight is 242 g/mol. The Balaban J connectivity index is 2.46. The van der Waals surface area contributed by atoms with E-state index in [0.29, 0.717) is 10.5 Å². The SMILES string of the molecule is O=c1nc2sc3ccccc3n2c2ccoc12. The van der Waals surface area contributed by atoms with Crippen LogP contribution in [-0.4, -0.2) is 9.38 Å². The van der Waals surface area contributed by atoms with Crippen molar-refractivity contribution in [1.29, 1.82) is 0 Å². The summed E-state index contributed by atoms with van der Waals surface area (Å²) < 4.78 is 8.25. The number of aromatic nitrogens is 2. The zero-order chi connectivity index (χ0) is 11.4. The van der Waals surface area contributed by atoms with E-state index < -0.39 is 0 Å². The molecule has 0 saturated heterocycles. The molecule has 0 amide bonds. The lowest BCUT2D eigenvalue weighted by Gasteiger charge is -1.95. The number of hydrogen-bond donors (Lipinski definition) is 0. The van der Waals surface area contributed by atoms with Crippen molar-refractivity contribution in [3.05, 3.63) is 46.9 Å².